The molecule has 194 valence electrons. The van der Waals surface area contributed by atoms with E-state index in [-0.39, 0.29) is 17.5 Å². The fraction of sp³-hybridized carbons (Fsp3) is 0.273. The molecule has 3 N–H and O–H groups in total. The minimum absolute atomic E-state index is 0.168. The third-order valence-corrected chi connectivity index (χ3v) is 5.61. The molecule has 0 aliphatic heterocycles. The van der Waals surface area contributed by atoms with Crippen molar-refractivity contribution in [1.82, 2.24) is 10.2 Å². The van der Waals surface area contributed by atoms with E-state index in [1.54, 1.807) is 0 Å². The van der Waals surface area contributed by atoms with E-state index in [0.717, 1.165) is 6.07 Å². The molecule has 2 aromatic carbocycles. The van der Waals surface area contributed by atoms with Crippen LogP contribution in [0.25, 0.3) is 0 Å². The summed E-state index contributed by atoms with van der Waals surface area (Å²) in [7, 11) is 0. The standard InChI is InChI=1S/C22H18F3N5O7/c23-13-8-15(25)17(9-14(13)24)27-22-29-28-20(37-22)19(31)26-16-6-5-12(7-18(16)30(34)35)36-11-3-1-10(2-4-11)21(32)33/h5-11H,1-4H2,(H,26,31)(H,27,29)(H,32,33). The zero-order valence-electron chi connectivity index (χ0n) is 18.7. The number of nitro groups is 1. The maximum atomic E-state index is 13.8. The average molecular weight is 521 g/mol. The van der Waals surface area contributed by atoms with E-state index in [9.17, 15) is 32.9 Å². The van der Waals surface area contributed by atoms with Gasteiger partial charge in [0, 0.05) is 12.1 Å². The highest BCUT2D eigenvalue weighted by molar-refractivity contribution is 6.02. The van der Waals surface area contributed by atoms with Gasteiger partial charge in [-0.2, -0.15) is 0 Å². The Labute approximate surface area is 205 Å². The summed E-state index contributed by atoms with van der Waals surface area (Å²) in [5, 5.41) is 32.0. The maximum absolute atomic E-state index is 13.8. The number of nitrogens with zero attached hydrogens (tertiary/aromatic N) is 3. The van der Waals surface area contributed by atoms with Crippen molar-refractivity contribution >= 4 is 35.0 Å². The highest BCUT2D eigenvalue weighted by Crippen LogP contribution is 2.33. The van der Waals surface area contributed by atoms with Crippen molar-refractivity contribution in [2.45, 2.75) is 31.8 Å². The van der Waals surface area contributed by atoms with Crippen LogP contribution in [-0.4, -0.2) is 38.2 Å². The minimum Gasteiger partial charge on any atom is -0.490 e. The Hall–Kier alpha value is -4.69. The van der Waals surface area contributed by atoms with Gasteiger partial charge in [-0.1, -0.05) is 5.10 Å². The van der Waals surface area contributed by atoms with E-state index in [2.05, 4.69) is 20.8 Å². The zero-order chi connectivity index (χ0) is 26.7. The monoisotopic (exact) mass is 521 g/mol. The first kappa shape index (κ1) is 25.4. The number of nitro benzene ring substituents is 1. The summed E-state index contributed by atoms with van der Waals surface area (Å²) in [5.74, 6) is -6.73. The van der Waals surface area contributed by atoms with Crippen molar-refractivity contribution in [3.63, 3.8) is 0 Å². The van der Waals surface area contributed by atoms with Crippen LogP contribution in [0.1, 0.15) is 36.4 Å². The van der Waals surface area contributed by atoms with E-state index >= 15 is 0 Å². The molecule has 3 aromatic rings. The maximum Gasteiger partial charge on any atom is 0.320 e. The summed E-state index contributed by atoms with van der Waals surface area (Å²) < 4.78 is 51.0. The normalized spacial score (nSPS) is 17.2. The second kappa shape index (κ2) is 10.5. The highest BCUT2D eigenvalue weighted by Gasteiger charge is 2.28. The van der Waals surface area contributed by atoms with Gasteiger partial charge in [-0.25, -0.2) is 13.2 Å². The number of hydrogen-bond donors (Lipinski definition) is 3. The number of amides is 1. The van der Waals surface area contributed by atoms with Gasteiger partial charge in [-0.05, 0) is 37.8 Å². The summed E-state index contributed by atoms with van der Waals surface area (Å²) in [6.45, 7) is 0. The number of aromatic nitrogens is 2. The van der Waals surface area contributed by atoms with Gasteiger partial charge < -0.3 is 24.9 Å². The molecule has 0 spiro atoms. The Morgan fingerprint density at radius 1 is 1.03 bits per heavy atom. The van der Waals surface area contributed by atoms with E-state index in [4.69, 9.17) is 14.3 Å². The van der Waals surface area contributed by atoms with Gasteiger partial charge in [-0.3, -0.25) is 19.7 Å². The molecule has 0 unspecified atom stereocenters. The number of ether oxygens (including phenoxy) is 1. The van der Waals surface area contributed by atoms with Gasteiger partial charge in [0.2, 0.25) is 0 Å². The Kier molecular flexibility index (Phi) is 7.22. The van der Waals surface area contributed by atoms with Crippen LogP contribution < -0.4 is 15.4 Å². The van der Waals surface area contributed by atoms with Crippen LogP contribution in [0.5, 0.6) is 5.75 Å². The molecule has 1 aromatic heterocycles. The number of hydrogen-bond acceptors (Lipinski definition) is 9. The van der Waals surface area contributed by atoms with Crippen LogP contribution in [0.15, 0.2) is 34.7 Å². The predicted molar refractivity (Wildman–Crippen MR) is 119 cm³/mol. The lowest BCUT2D eigenvalue weighted by Crippen LogP contribution is -2.27. The minimum atomic E-state index is -1.41. The molecule has 1 aliphatic carbocycles. The summed E-state index contributed by atoms with van der Waals surface area (Å²) >= 11 is 0. The summed E-state index contributed by atoms with van der Waals surface area (Å²) in [4.78, 5) is 34.4. The lowest BCUT2D eigenvalue weighted by molar-refractivity contribution is -0.384. The van der Waals surface area contributed by atoms with Crippen LogP contribution in [0.4, 0.5) is 36.2 Å². The first-order chi connectivity index (χ1) is 17.6. The largest absolute Gasteiger partial charge is 0.490 e. The summed E-state index contributed by atoms with van der Waals surface area (Å²) in [6, 6.07) is 4.05. The number of carbonyl (C=O) groups is 2. The van der Waals surface area contributed by atoms with Crippen LogP contribution in [0.2, 0.25) is 0 Å². The molecule has 1 aliphatic rings. The number of carboxylic acid groups (broad SMARTS) is 1. The highest BCUT2D eigenvalue weighted by atomic mass is 19.2. The lowest BCUT2D eigenvalue weighted by atomic mass is 9.87. The van der Waals surface area contributed by atoms with Crippen molar-refractivity contribution in [2.75, 3.05) is 10.6 Å². The Bertz CT molecular complexity index is 1360. The number of nitrogens with one attached hydrogen (secondary N) is 2. The first-order valence-electron chi connectivity index (χ1n) is 10.8. The molecule has 1 fully saturated rings. The van der Waals surface area contributed by atoms with E-state index in [1.807, 2.05) is 0 Å². The smallest absolute Gasteiger partial charge is 0.320 e. The number of halogens is 3. The Morgan fingerprint density at radius 3 is 2.41 bits per heavy atom. The fourth-order valence-corrected chi connectivity index (χ4v) is 3.74. The van der Waals surface area contributed by atoms with Crippen molar-refractivity contribution < 1.29 is 41.9 Å². The summed E-state index contributed by atoms with van der Waals surface area (Å²) in [6.07, 6.45) is 1.51. The molecule has 4 rings (SSSR count). The second-order valence-corrected chi connectivity index (χ2v) is 8.10. The van der Waals surface area contributed by atoms with Gasteiger partial charge >= 0.3 is 23.8 Å². The molecule has 37 heavy (non-hydrogen) atoms. The molecule has 1 saturated carbocycles. The number of carbonyl (C=O) groups excluding carboxylic acids is 1. The molecule has 1 heterocycles. The third-order valence-electron chi connectivity index (χ3n) is 5.61. The van der Waals surface area contributed by atoms with Crippen molar-refractivity contribution in [3.8, 4) is 5.75 Å². The van der Waals surface area contributed by atoms with E-state index < -0.39 is 63.4 Å². The lowest BCUT2D eigenvalue weighted by Gasteiger charge is -2.26. The summed E-state index contributed by atoms with van der Waals surface area (Å²) in [5.41, 5.74) is -1.24. The molecule has 0 atom stereocenters. The van der Waals surface area contributed by atoms with Crippen LogP contribution >= 0.6 is 0 Å². The zero-order valence-corrected chi connectivity index (χ0v) is 18.7. The average Bonchev–Trinajstić information content (AvgIpc) is 3.32. The Morgan fingerprint density at radius 2 is 1.73 bits per heavy atom. The molecule has 0 radical (unpaired) electrons. The van der Waals surface area contributed by atoms with Crippen LogP contribution in [-0.2, 0) is 4.79 Å². The SMILES string of the molecule is O=C(Nc1ccc(OC2CCC(C(=O)O)CC2)cc1[N+](=O)[O-])c1nnc(Nc2cc(F)c(F)cc2F)o1. The molecule has 1 amide bonds. The predicted octanol–water partition coefficient (Wildman–Crippen LogP) is 4.41. The topological polar surface area (TPSA) is 170 Å². The molecule has 15 heteroatoms. The molecular formula is C22H18F3N5O7. The Balaban J connectivity index is 1.43. The number of carboxylic acids is 1. The van der Waals surface area contributed by atoms with Crippen LogP contribution in [0, 0.1) is 33.5 Å². The van der Waals surface area contributed by atoms with E-state index in [1.165, 1.54) is 12.1 Å². The number of rotatable bonds is 8. The molecular weight excluding hydrogens is 503 g/mol. The van der Waals surface area contributed by atoms with Gasteiger partial charge in [0.15, 0.2) is 11.6 Å². The number of aliphatic carboxylic acids is 1. The van der Waals surface area contributed by atoms with E-state index in [0.29, 0.717) is 37.8 Å². The third kappa shape index (κ3) is 5.94. The van der Waals surface area contributed by atoms with Gasteiger partial charge in [0.1, 0.15) is 17.3 Å². The number of anilines is 3. The fourth-order valence-electron chi connectivity index (χ4n) is 3.74. The quantitative estimate of drug-likeness (QED) is 0.219. The second-order valence-electron chi connectivity index (χ2n) is 8.10. The first-order valence-corrected chi connectivity index (χ1v) is 10.8. The van der Waals surface area contributed by atoms with Crippen molar-refractivity contribution in [2.24, 2.45) is 5.92 Å². The van der Waals surface area contributed by atoms with Crippen molar-refractivity contribution in [3.05, 3.63) is 63.8 Å². The number of benzene rings is 2. The van der Waals surface area contributed by atoms with Gasteiger partial charge in [-0.15, -0.1) is 5.10 Å². The molecule has 0 saturated heterocycles. The van der Waals surface area contributed by atoms with Gasteiger partial charge in [0.05, 0.1) is 28.7 Å². The van der Waals surface area contributed by atoms with Crippen LogP contribution in [0.3, 0.4) is 0 Å². The molecule has 0 bridgehead atoms. The van der Waals surface area contributed by atoms with Crippen molar-refractivity contribution in [1.29, 1.82) is 0 Å². The molecule has 12 nitrogen and oxygen atoms in total. The van der Waals surface area contributed by atoms with Gasteiger partial charge in [0.25, 0.3) is 5.69 Å².